The van der Waals surface area contributed by atoms with E-state index in [9.17, 15) is 5.11 Å². The molecule has 2 rings (SSSR count). The summed E-state index contributed by atoms with van der Waals surface area (Å²) in [7, 11) is 0. The molecule has 4 heteroatoms. The van der Waals surface area contributed by atoms with E-state index in [0.717, 1.165) is 37.6 Å². The molecule has 1 fully saturated rings. The van der Waals surface area contributed by atoms with Crippen molar-refractivity contribution in [3.63, 3.8) is 0 Å². The molecule has 86 valence electrons. The lowest BCUT2D eigenvalue weighted by atomic mass is 10.1. The first-order chi connectivity index (χ1) is 7.75. The summed E-state index contributed by atoms with van der Waals surface area (Å²) in [5, 5.41) is 15.7. The summed E-state index contributed by atoms with van der Waals surface area (Å²) in [5.74, 6) is 0.280. The van der Waals surface area contributed by atoms with Crippen molar-refractivity contribution < 1.29 is 9.84 Å². The fourth-order valence-electron chi connectivity index (χ4n) is 1.63. The fraction of sp³-hybridized carbons (Fsp3) is 0.417. The Hall–Kier alpha value is -1.55. The molecule has 0 amide bonds. The number of hydrogen-bond donors (Lipinski definition) is 1. The first-order valence-corrected chi connectivity index (χ1v) is 5.43. The first-order valence-electron chi connectivity index (χ1n) is 5.43. The summed E-state index contributed by atoms with van der Waals surface area (Å²) < 4.78 is 5.26. The number of ether oxygens (including phenoxy) is 1. The molecule has 1 saturated heterocycles. The third-order valence-electron chi connectivity index (χ3n) is 2.56. The van der Waals surface area contributed by atoms with Gasteiger partial charge in [0.25, 0.3) is 0 Å². The number of hydrogen-bond acceptors (Lipinski definition) is 4. The van der Waals surface area contributed by atoms with Crippen molar-refractivity contribution in [3.8, 4) is 5.75 Å². The Bertz CT molecular complexity index is 367. The van der Waals surface area contributed by atoms with Gasteiger partial charge in [0.05, 0.1) is 32.0 Å². The summed E-state index contributed by atoms with van der Waals surface area (Å²) in [4.78, 5) is 0. The van der Waals surface area contributed by atoms with E-state index in [1.165, 1.54) is 0 Å². The minimum Gasteiger partial charge on any atom is -0.508 e. The van der Waals surface area contributed by atoms with Gasteiger partial charge in [-0.05, 0) is 36.8 Å². The summed E-state index contributed by atoms with van der Waals surface area (Å²) in [6.45, 7) is 5.14. The standard InChI is InChI=1S/C12H16N2O2/c1-10(11-2-4-12(15)5-3-11)13-14-6-8-16-9-7-14/h2-5,15H,6-9H2,1H3/b13-10-. The Morgan fingerprint density at radius 2 is 1.88 bits per heavy atom. The predicted molar refractivity (Wildman–Crippen MR) is 62.7 cm³/mol. The van der Waals surface area contributed by atoms with Crippen LogP contribution >= 0.6 is 0 Å². The lowest BCUT2D eigenvalue weighted by Crippen LogP contribution is -2.33. The van der Waals surface area contributed by atoms with Crippen molar-refractivity contribution in [1.29, 1.82) is 0 Å². The Kier molecular flexibility index (Phi) is 3.41. The van der Waals surface area contributed by atoms with E-state index >= 15 is 0 Å². The van der Waals surface area contributed by atoms with Crippen molar-refractivity contribution in [2.45, 2.75) is 6.92 Å². The normalized spacial score (nSPS) is 17.6. The Labute approximate surface area is 95.1 Å². The van der Waals surface area contributed by atoms with E-state index in [1.807, 2.05) is 24.1 Å². The van der Waals surface area contributed by atoms with Crippen LogP contribution in [0.2, 0.25) is 0 Å². The number of hydrazone groups is 1. The molecule has 1 heterocycles. The first kappa shape index (κ1) is 11.0. The van der Waals surface area contributed by atoms with Crippen LogP contribution in [0.15, 0.2) is 29.4 Å². The van der Waals surface area contributed by atoms with Crippen LogP contribution in [0.3, 0.4) is 0 Å². The van der Waals surface area contributed by atoms with Gasteiger partial charge in [-0.3, -0.25) is 5.01 Å². The van der Waals surface area contributed by atoms with Crippen molar-refractivity contribution in [1.82, 2.24) is 5.01 Å². The highest BCUT2D eigenvalue weighted by Crippen LogP contribution is 2.11. The molecule has 1 aromatic rings. The summed E-state index contributed by atoms with van der Waals surface area (Å²) in [6.07, 6.45) is 0. The molecule has 16 heavy (non-hydrogen) atoms. The highest BCUT2D eigenvalue weighted by atomic mass is 16.5. The monoisotopic (exact) mass is 220 g/mol. The molecule has 1 aliphatic rings. The van der Waals surface area contributed by atoms with Gasteiger partial charge in [0.2, 0.25) is 0 Å². The van der Waals surface area contributed by atoms with Gasteiger partial charge in [0.1, 0.15) is 5.75 Å². The number of aromatic hydroxyl groups is 1. The molecular weight excluding hydrogens is 204 g/mol. The van der Waals surface area contributed by atoms with E-state index < -0.39 is 0 Å². The topological polar surface area (TPSA) is 45.1 Å². The quantitative estimate of drug-likeness (QED) is 0.767. The van der Waals surface area contributed by atoms with Crippen molar-refractivity contribution in [3.05, 3.63) is 29.8 Å². The van der Waals surface area contributed by atoms with Gasteiger partial charge >= 0.3 is 0 Å². The van der Waals surface area contributed by atoms with Crippen LogP contribution < -0.4 is 0 Å². The number of nitrogens with zero attached hydrogens (tertiary/aromatic N) is 2. The Morgan fingerprint density at radius 3 is 2.50 bits per heavy atom. The van der Waals surface area contributed by atoms with Crippen molar-refractivity contribution in [2.75, 3.05) is 26.3 Å². The van der Waals surface area contributed by atoms with Crippen LogP contribution in [-0.2, 0) is 4.74 Å². The van der Waals surface area contributed by atoms with Gasteiger partial charge in [-0.1, -0.05) is 0 Å². The van der Waals surface area contributed by atoms with Gasteiger partial charge in [-0.2, -0.15) is 5.10 Å². The van der Waals surface area contributed by atoms with Crippen molar-refractivity contribution >= 4 is 5.71 Å². The van der Waals surface area contributed by atoms with Crippen LogP contribution in [0.1, 0.15) is 12.5 Å². The van der Waals surface area contributed by atoms with E-state index in [0.29, 0.717) is 0 Å². The number of rotatable bonds is 2. The molecule has 0 spiro atoms. The lowest BCUT2D eigenvalue weighted by Gasteiger charge is -2.24. The third kappa shape index (κ3) is 2.73. The van der Waals surface area contributed by atoms with Crippen LogP contribution in [0.5, 0.6) is 5.75 Å². The maximum Gasteiger partial charge on any atom is 0.115 e. The molecule has 0 atom stereocenters. The van der Waals surface area contributed by atoms with Crippen molar-refractivity contribution in [2.24, 2.45) is 5.10 Å². The van der Waals surface area contributed by atoms with Gasteiger partial charge in [-0.15, -0.1) is 0 Å². The van der Waals surface area contributed by atoms with Crippen LogP contribution in [0, 0.1) is 0 Å². The average molecular weight is 220 g/mol. The van der Waals surface area contributed by atoms with Gasteiger partial charge < -0.3 is 9.84 Å². The fourth-order valence-corrected chi connectivity index (χ4v) is 1.63. The van der Waals surface area contributed by atoms with E-state index in [4.69, 9.17) is 4.74 Å². The van der Waals surface area contributed by atoms with E-state index in [-0.39, 0.29) is 5.75 Å². The molecular formula is C12H16N2O2. The maximum atomic E-state index is 9.19. The largest absolute Gasteiger partial charge is 0.508 e. The molecule has 0 aromatic heterocycles. The Balaban J connectivity index is 2.07. The maximum absolute atomic E-state index is 9.19. The summed E-state index contributed by atoms with van der Waals surface area (Å²) in [5.41, 5.74) is 1.99. The Morgan fingerprint density at radius 1 is 1.25 bits per heavy atom. The zero-order valence-electron chi connectivity index (χ0n) is 9.39. The second kappa shape index (κ2) is 4.99. The number of morpholine rings is 1. The lowest BCUT2D eigenvalue weighted by molar-refractivity contribution is 0.0393. The highest BCUT2D eigenvalue weighted by molar-refractivity contribution is 5.98. The van der Waals surface area contributed by atoms with Crippen LogP contribution in [0.4, 0.5) is 0 Å². The zero-order chi connectivity index (χ0) is 11.4. The minimum atomic E-state index is 0.280. The second-order valence-corrected chi connectivity index (χ2v) is 3.80. The number of benzene rings is 1. The molecule has 1 aliphatic heterocycles. The molecule has 0 aliphatic carbocycles. The van der Waals surface area contributed by atoms with Gasteiger partial charge in [-0.25, -0.2) is 0 Å². The number of phenols is 1. The van der Waals surface area contributed by atoms with Crippen LogP contribution in [0.25, 0.3) is 0 Å². The van der Waals surface area contributed by atoms with E-state index in [1.54, 1.807) is 12.1 Å². The number of phenolic OH excluding ortho intramolecular Hbond substituents is 1. The van der Waals surface area contributed by atoms with Crippen LogP contribution in [-0.4, -0.2) is 42.1 Å². The SMILES string of the molecule is C/C(=N/N1CCOCC1)c1ccc(O)cc1. The molecule has 4 nitrogen and oxygen atoms in total. The molecule has 0 saturated carbocycles. The average Bonchev–Trinajstić information content (AvgIpc) is 2.31. The highest BCUT2D eigenvalue weighted by Gasteiger charge is 2.08. The van der Waals surface area contributed by atoms with Gasteiger partial charge in [0, 0.05) is 0 Å². The third-order valence-corrected chi connectivity index (χ3v) is 2.56. The molecule has 0 bridgehead atoms. The minimum absolute atomic E-state index is 0.280. The smallest absolute Gasteiger partial charge is 0.115 e. The predicted octanol–water partition coefficient (Wildman–Crippen LogP) is 1.45. The van der Waals surface area contributed by atoms with Gasteiger partial charge in [0.15, 0.2) is 0 Å². The molecule has 0 unspecified atom stereocenters. The van der Waals surface area contributed by atoms with E-state index in [2.05, 4.69) is 5.10 Å². The molecule has 0 radical (unpaired) electrons. The molecule has 1 aromatic carbocycles. The summed E-state index contributed by atoms with van der Waals surface area (Å²) >= 11 is 0. The summed E-state index contributed by atoms with van der Waals surface area (Å²) in [6, 6.07) is 7.09. The molecule has 1 N–H and O–H groups in total. The zero-order valence-corrected chi connectivity index (χ0v) is 9.39. The second-order valence-electron chi connectivity index (χ2n) is 3.80.